The van der Waals surface area contributed by atoms with Gasteiger partial charge in [0.1, 0.15) is 0 Å². The van der Waals surface area contributed by atoms with Crippen LogP contribution in [0.1, 0.15) is 37.7 Å². The van der Waals surface area contributed by atoms with Gasteiger partial charge in [-0.05, 0) is 25.3 Å². The molecule has 0 aliphatic carbocycles. The third-order valence-corrected chi connectivity index (χ3v) is 3.05. The number of aromatic nitrogens is 4. The van der Waals surface area contributed by atoms with Crippen LogP contribution in [0.3, 0.4) is 0 Å². The van der Waals surface area contributed by atoms with Crippen LogP contribution in [0, 0.1) is 0 Å². The Kier molecular flexibility index (Phi) is 4.41. The van der Waals surface area contributed by atoms with E-state index in [1.54, 1.807) is 0 Å². The Hall–Kier alpha value is -1.75. The molecule has 0 bridgehead atoms. The van der Waals surface area contributed by atoms with Gasteiger partial charge in [0, 0.05) is 6.04 Å². The maximum Gasteiger partial charge on any atom is 0.191 e. The normalized spacial score (nSPS) is 14.3. The van der Waals surface area contributed by atoms with E-state index in [2.05, 4.69) is 64.1 Å². The van der Waals surface area contributed by atoms with E-state index in [0.717, 1.165) is 12.8 Å². The summed E-state index contributed by atoms with van der Waals surface area (Å²) >= 11 is 0. The molecule has 0 fully saturated rings. The first-order valence-corrected chi connectivity index (χ1v) is 6.33. The number of nitrogens with one attached hydrogen (secondary N) is 2. The Balaban J connectivity index is 1.93. The zero-order valence-electron chi connectivity index (χ0n) is 10.8. The zero-order chi connectivity index (χ0) is 12.8. The number of tetrazole rings is 1. The van der Waals surface area contributed by atoms with Crippen molar-refractivity contribution < 1.29 is 0 Å². The number of benzene rings is 1. The van der Waals surface area contributed by atoms with Gasteiger partial charge in [-0.1, -0.05) is 42.5 Å². The lowest BCUT2D eigenvalue weighted by molar-refractivity contribution is 0.428. The summed E-state index contributed by atoms with van der Waals surface area (Å²) in [7, 11) is 0. The SMILES string of the molecule is CCC(Cc1ccccc1)NC(C)c1nn[nH]n1. The van der Waals surface area contributed by atoms with Gasteiger partial charge in [0.25, 0.3) is 0 Å². The first-order chi connectivity index (χ1) is 8.79. The minimum atomic E-state index is 0.109. The number of rotatable bonds is 6. The smallest absolute Gasteiger partial charge is 0.191 e. The van der Waals surface area contributed by atoms with Crippen LogP contribution in [-0.4, -0.2) is 26.7 Å². The van der Waals surface area contributed by atoms with E-state index in [1.807, 2.05) is 6.07 Å². The largest absolute Gasteiger partial charge is 0.304 e. The van der Waals surface area contributed by atoms with Gasteiger partial charge in [-0.3, -0.25) is 0 Å². The standard InChI is InChI=1S/C13H19N5/c1-3-12(9-11-7-5-4-6-8-11)14-10(2)13-15-17-18-16-13/h4-8,10,12,14H,3,9H2,1-2H3,(H,15,16,17,18). The number of hydrogen-bond donors (Lipinski definition) is 2. The summed E-state index contributed by atoms with van der Waals surface area (Å²) in [6.07, 6.45) is 2.08. The predicted molar refractivity (Wildman–Crippen MR) is 70.0 cm³/mol. The fourth-order valence-corrected chi connectivity index (χ4v) is 2.00. The molecule has 5 nitrogen and oxygen atoms in total. The average molecular weight is 245 g/mol. The lowest BCUT2D eigenvalue weighted by atomic mass is 10.0. The summed E-state index contributed by atoms with van der Waals surface area (Å²) in [5.41, 5.74) is 1.34. The van der Waals surface area contributed by atoms with Crippen LogP contribution in [0.2, 0.25) is 0 Å². The van der Waals surface area contributed by atoms with Crippen LogP contribution in [0.5, 0.6) is 0 Å². The van der Waals surface area contributed by atoms with Gasteiger partial charge in [-0.25, -0.2) is 0 Å². The first-order valence-electron chi connectivity index (χ1n) is 6.33. The van der Waals surface area contributed by atoms with Crippen molar-refractivity contribution in [1.82, 2.24) is 25.9 Å². The van der Waals surface area contributed by atoms with Crippen molar-refractivity contribution >= 4 is 0 Å². The van der Waals surface area contributed by atoms with Crippen LogP contribution < -0.4 is 5.32 Å². The zero-order valence-corrected chi connectivity index (χ0v) is 10.8. The number of H-pyrrole nitrogens is 1. The van der Waals surface area contributed by atoms with Gasteiger partial charge in [0.15, 0.2) is 5.82 Å². The van der Waals surface area contributed by atoms with Crippen molar-refractivity contribution in [2.45, 2.75) is 38.8 Å². The summed E-state index contributed by atoms with van der Waals surface area (Å²) in [6, 6.07) is 11.0. The molecule has 96 valence electrons. The maximum absolute atomic E-state index is 4.00. The van der Waals surface area contributed by atoms with E-state index in [-0.39, 0.29) is 6.04 Å². The average Bonchev–Trinajstić information content (AvgIpc) is 2.93. The molecule has 0 aliphatic rings. The summed E-state index contributed by atoms with van der Waals surface area (Å²) in [6.45, 7) is 4.24. The van der Waals surface area contributed by atoms with Crippen LogP contribution in [0.25, 0.3) is 0 Å². The monoisotopic (exact) mass is 245 g/mol. The van der Waals surface area contributed by atoms with Crippen molar-refractivity contribution in [1.29, 1.82) is 0 Å². The van der Waals surface area contributed by atoms with Crippen LogP contribution in [-0.2, 0) is 6.42 Å². The summed E-state index contributed by atoms with van der Waals surface area (Å²) in [5.74, 6) is 0.710. The fraction of sp³-hybridized carbons (Fsp3) is 0.462. The summed E-state index contributed by atoms with van der Waals surface area (Å²) in [4.78, 5) is 0. The van der Waals surface area contributed by atoms with Gasteiger partial charge in [0.2, 0.25) is 0 Å². The highest BCUT2D eigenvalue weighted by Gasteiger charge is 2.15. The molecule has 0 saturated carbocycles. The van der Waals surface area contributed by atoms with Crippen LogP contribution in [0.15, 0.2) is 30.3 Å². The molecular formula is C13H19N5. The summed E-state index contributed by atoms with van der Waals surface area (Å²) in [5, 5.41) is 17.6. The molecular weight excluding hydrogens is 226 g/mol. The Labute approximate surface area is 107 Å². The fourth-order valence-electron chi connectivity index (χ4n) is 2.00. The van der Waals surface area contributed by atoms with Crippen molar-refractivity contribution in [2.24, 2.45) is 0 Å². The van der Waals surface area contributed by atoms with Crippen molar-refractivity contribution in [3.05, 3.63) is 41.7 Å². The van der Waals surface area contributed by atoms with E-state index in [1.165, 1.54) is 5.56 Å². The van der Waals surface area contributed by atoms with E-state index in [9.17, 15) is 0 Å². The molecule has 5 heteroatoms. The molecule has 1 heterocycles. The molecule has 2 rings (SSSR count). The molecule has 2 unspecified atom stereocenters. The molecule has 1 aromatic heterocycles. The van der Waals surface area contributed by atoms with Gasteiger partial charge >= 0.3 is 0 Å². The Morgan fingerprint density at radius 2 is 2.06 bits per heavy atom. The quantitative estimate of drug-likeness (QED) is 0.815. The Bertz CT molecular complexity index is 440. The minimum Gasteiger partial charge on any atom is -0.304 e. The molecule has 2 atom stereocenters. The van der Waals surface area contributed by atoms with Crippen molar-refractivity contribution in [3.8, 4) is 0 Å². The summed E-state index contributed by atoms with van der Waals surface area (Å²) < 4.78 is 0. The molecule has 18 heavy (non-hydrogen) atoms. The Morgan fingerprint density at radius 1 is 1.28 bits per heavy atom. The van der Waals surface area contributed by atoms with Gasteiger partial charge in [-0.15, -0.1) is 10.2 Å². The topological polar surface area (TPSA) is 66.5 Å². The maximum atomic E-state index is 4.00. The molecule has 0 radical (unpaired) electrons. The highest BCUT2D eigenvalue weighted by Crippen LogP contribution is 2.11. The second kappa shape index (κ2) is 6.26. The van der Waals surface area contributed by atoms with Crippen molar-refractivity contribution in [2.75, 3.05) is 0 Å². The first kappa shape index (κ1) is 12.7. The molecule has 2 aromatic rings. The number of hydrogen-bond acceptors (Lipinski definition) is 4. The highest BCUT2D eigenvalue weighted by atomic mass is 15.5. The van der Waals surface area contributed by atoms with Gasteiger partial charge in [0.05, 0.1) is 6.04 Å². The van der Waals surface area contributed by atoms with E-state index in [0.29, 0.717) is 11.9 Å². The van der Waals surface area contributed by atoms with E-state index < -0.39 is 0 Å². The van der Waals surface area contributed by atoms with E-state index >= 15 is 0 Å². The minimum absolute atomic E-state index is 0.109. The lowest BCUT2D eigenvalue weighted by Crippen LogP contribution is -2.33. The molecule has 0 aliphatic heterocycles. The second-order valence-corrected chi connectivity index (χ2v) is 4.45. The van der Waals surface area contributed by atoms with E-state index in [4.69, 9.17) is 0 Å². The second-order valence-electron chi connectivity index (χ2n) is 4.45. The van der Waals surface area contributed by atoms with Gasteiger partial charge in [-0.2, -0.15) is 5.21 Å². The van der Waals surface area contributed by atoms with Crippen LogP contribution in [0.4, 0.5) is 0 Å². The molecule has 2 N–H and O–H groups in total. The van der Waals surface area contributed by atoms with Gasteiger partial charge < -0.3 is 5.32 Å². The number of aromatic amines is 1. The van der Waals surface area contributed by atoms with Crippen LogP contribution >= 0.6 is 0 Å². The molecule has 1 aromatic carbocycles. The lowest BCUT2D eigenvalue weighted by Gasteiger charge is -2.20. The highest BCUT2D eigenvalue weighted by molar-refractivity contribution is 5.16. The third kappa shape index (κ3) is 3.37. The molecule has 0 amide bonds. The molecule has 0 saturated heterocycles. The predicted octanol–water partition coefficient (Wildman–Crippen LogP) is 1.87. The van der Waals surface area contributed by atoms with Crippen molar-refractivity contribution in [3.63, 3.8) is 0 Å². The number of nitrogens with zero attached hydrogens (tertiary/aromatic N) is 3. The molecule has 0 spiro atoms. The third-order valence-electron chi connectivity index (χ3n) is 3.05. The Morgan fingerprint density at radius 3 is 2.67 bits per heavy atom.